The molecule has 1 amide bonds. The van der Waals surface area contributed by atoms with Gasteiger partial charge in [0.1, 0.15) is 0 Å². The Kier molecular flexibility index (Phi) is 7.09. The van der Waals surface area contributed by atoms with Gasteiger partial charge in [0.15, 0.2) is 0 Å². The Morgan fingerprint density at radius 3 is 2.64 bits per heavy atom. The van der Waals surface area contributed by atoms with Gasteiger partial charge in [0.05, 0.1) is 15.6 Å². The van der Waals surface area contributed by atoms with E-state index in [0.29, 0.717) is 22.2 Å². The minimum atomic E-state index is -0.0670. The van der Waals surface area contributed by atoms with Crippen molar-refractivity contribution in [2.75, 3.05) is 12.3 Å². The molecule has 0 fully saturated rings. The van der Waals surface area contributed by atoms with E-state index < -0.39 is 0 Å². The zero-order valence-corrected chi connectivity index (χ0v) is 15.5. The predicted octanol–water partition coefficient (Wildman–Crippen LogP) is 5.42. The molecule has 0 spiro atoms. The highest BCUT2D eigenvalue weighted by molar-refractivity contribution is 9.10. The molecule has 0 aliphatic rings. The molecule has 1 N–H and O–H groups in total. The number of carbonyl (C=O) groups is 1. The summed E-state index contributed by atoms with van der Waals surface area (Å²) in [4.78, 5) is 12.0. The Labute approximate surface area is 152 Å². The number of hydrogen-bond donors (Lipinski definition) is 1. The average Bonchev–Trinajstić information content (AvgIpc) is 2.50. The second-order valence-corrected chi connectivity index (χ2v) is 7.31. The maximum absolute atomic E-state index is 12.0. The van der Waals surface area contributed by atoms with Crippen molar-refractivity contribution in [3.05, 3.63) is 68.1 Å². The zero-order chi connectivity index (χ0) is 15.9. The van der Waals surface area contributed by atoms with Crippen LogP contribution in [0.2, 0.25) is 10.0 Å². The van der Waals surface area contributed by atoms with Crippen molar-refractivity contribution in [2.45, 2.75) is 5.75 Å². The van der Waals surface area contributed by atoms with Crippen LogP contribution in [0.5, 0.6) is 0 Å². The van der Waals surface area contributed by atoms with Crippen LogP contribution in [-0.4, -0.2) is 18.2 Å². The first-order valence-electron chi connectivity index (χ1n) is 6.62. The van der Waals surface area contributed by atoms with Gasteiger partial charge in [-0.3, -0.25) is 4.79 Å². The lowest BCUT2D eigenvalue weighted by Gasteiger charge is -2.07. The highest BCUT2D eigenvalue weighted by Crippen LogP contribution is 2.24. The standard InChI is InChI=1S/C16H14BrCl2NOS/c17-13-4-2-1-3-12(13)16(21)20-7-8-22-10-11-5-6-14(18)15(19)9-11/h1-6,9H,7-8,10H2,(H,20,21). The van der Waals surface area contributed by atoms with Crippen molar-refractivity contribution < 1.29 is 4.79 Å². The SMILES string of the molecule is O=C(NCCSCc1ccc(Cl)c(Cl)c1)c1ccccc1Br. The van der Waals surface area contributed by atoms with Crippen LogP contribution in [0.15, 0.2) is 46.9 Å². The third-order valence-corrected chi connectivity index (χ3v) is 5.36. The molecule has 0 bridgehead atoms. The average molecular weight is 419 g/mol. The molecule has 116 valence electrons. The molecule has 0 saturated heterocycles. The number of benzene rings is 2. The molecule has 0 radical (unpaired) electrons. The fourth-order valence-electron chi connectivity index (χ4n) is 1.80. The first-order valence-corrected chi connectivity index (χ1v) is 9.32. The molecule has 2 aromatic rings. The van der Waals surface area contributed by atoms with Crippen molar-refractivity contribution in [2.24, 2.45) is 0 Å². The molecule has 0 aliphatic heterocycles. The van der Waals surface area contributed by atoms with E-state index in [1.807, 2.05) is 30.3 Å². The second kappa shape index (κ2) is 8.82. The number of carbonyl (C=O) groups excluding carboxylic acids is 1. The van der Waals surface area contributed by atoms with Crippen LogP contribution in [0, 0.1) is 0 Å². The third kappa shape index (κ3) is 5.20. The molecule has 2 aromatic carbocycles. The number of hydrogen-bond acceptors (Lipinski definition) is 2. The van der Waals surface area contributed by atoms with Crippen molar-refractivity contribution >= 4 is 56.8 Å². The summed E-state index contributed by atoms with van der Waals surface area (Å²) in [7, 11) is 0. The summed E-state index contributed by atoms with van der Waals surface area (Å²) in [5, 5.41) is 4.05. The fourth-order valence-corrected chi connectivity index (χ4v) is 3.39. The first kappa shape index (κ1) is 17.7. The van der Waals surface area contributed by atoms with Crippen LogP contribution in [0.25, 0.3) is 0 Å². The normalized spacial score (nSPS) is 10.5. The van der Waals surface area contributed by atoms with Gasteiger partial charge in [-0.1, -0.05) is 41.4 Å². The molecule has 2 nitrogen and oxygen atoms in total. The van der Waals surface area contributed by atoms with Crippen molar-refractivity contribution in [3.63, 3.8) is 0 Å². The summed E-state index contributed by atoms with van der Waals surface area (Å²) in [5.41, 5.74) is 1.77. The minimum absolute atomic E-state index is 0.0670. The van der Waals surface area contributed by atoms with Crippen LogP contribution in [0.4, 0.5) is 0 Å². The summed E-state index contributed by atoms with van der Waals surface area (Å²) in [6.45, 7) is 0.617. The van der Waals surface area contributed by atoms with E-state index in [2.05, 4.69) is 21.2 Å². The number of rotatable bonds is 6. The quantitative estimate of drug-likeness (QED) is 0.634. The maximum Gasteiger partial charge on any atom is 0.252 e. The van der Waals surface area contributed by atoms with E-state index in [4.69, 9.17) is 23.2 Å². The molecule has 0 atom stereocenters. The van der Waals surface area contributed by atoms with Gasteiger partial charge in [-0.15, -0.1) is 0 Å². The molecule has 22 heavy (non-hydrogen) atoms. The predicted molar refractivity (Wildman–Crippen MR) is 99.1 cm³/mol. The molecular formula is C16H14BrCl2NOS. The maximum atomic E-state index is 12.0. The monoisotopic (exact) mass is 417 g/mol. The summed E-state index contributed by atoms with van der Waals surface area (Å²) in [6.07, 6.45) is 0. The Morgan fingerprint density at radius 2 is 1.91 bits per heavy atom. The van der Waals surface area contributed by atoms with Gasteiger partial charge < -0.3 is 5.32 Å². The van der Waals surface area contributed by atoms with E-state index in [0.717, 1.165) is 21.5 Å². The fraction of sp³-hybridized carbons (Fsp3) is 0.188. The Morgan fingerprint density at radius 1 is 1.14 bits per heavy atom. The Hall–Kier alpha value is -0.680. The molecule has 0 aliphatic carbocycles. The number of halogens is 3. The molecule has 2 rings (SSSR count). The Balaban J connectivity index is 1.72. The number of nitrogens with one attached hydrogen (secondary N) is 1. The minimum Gasteiger partial charge on any atom is -0.351 e. The van der Waals surface area contributed by atoms with Crippen LogP contribution in [0.3, 0.4) is 0 Å². The summed E-state index contributed by atoms with van der Waals surface area (Å²) in [6, 6.07) is 13.0. The number of thioether (sulfide) groups is 1. The van der Waals surface area contributed by atoms with Crippen molar-refractivity contribution in [1.82, 2.24) is 5.32 Å². The van der Waals surface area contributed by atoms with E-state index in [-0.39, 0.29) is 5.91 Å². The van der Waals surface area contributed by atoms with Crippen molar-refractivity contribution in [3.8, 4) is 0 Å². The van der Waals surface area contributed by atoms with Gasteiger partial charge in [0.25, 0.3) is 5.91 Å². The second-order valence-electron chi connectivity index (χ2n) is 4.54. The molecular weight excluding hydrogens is 405 g/mol. The van der Waals surface area contributed by atoms with Crippen LogP contribution >= 0.6 is 50.9 Å². The third-order valence-electron chi connectivity index (χ3n) is 2.90. The van der Waals surface area contributed by atoms with E-state index in [9.17, 15) is 4.79 Å². The lowest BCUT2D eigenvalue weighted by atomic mass is 10.2. The largest absolute Gasteiger partial charge is 0.351 e. The van der Waals surface area contributed by atoms with E-state index >= 15 is 0 Å². The van der Waals surface area contributed by atoms with Gasteiger partial charge in [0.2, 0.25) is 0 Å². The van der Waals surface area contributed by atoms with Crippen LogP contribution in [-0.2, 0) is 5.75 Å². The Bertz CT molecular complexity index is 666. The van der Waals surface area contributed by atoms with E-state index in [1.165, 1.54) is 0 Å². The highest BCUT2D eigenvalue weighted by Gasteiger charge is 2.08. The first-order chi connectivity index (χ1) is 10.6. The van der Waals surface area contributed by atoms with Gasteiger partial charge in [-0.25, -0.2) is 0 Å². The summed E-state index contributed by atoms with van der Waals surface area (Å²) in [5.74, 6) is 1.60. The molecule has 0 saturated carbocycles. The lowest BCUT2D eigenvalue weighted by molar-refractivity contribution is 0.0955. The summed E-state index contributed by atoms with van der Waals surface area (Å²) >= 11 is 17.0. The highest BCUT2D eigenvalue weighted by atomic mass is 79.9. The molecule has 0 unspecified atom stereocenters. The van der Waals surface area contributed by atoms with E-state index in [1.54, 1.807) is 23.9 Å². The van der Waals surface area contributed by atoms with Gasteiger partial charge in [0, 0.05) is 22.5 Å². The number of amides is 1. The zero-order valence-electron chi connectivity index (χ0n) is 11.6. The summed E-state index contributed by atoms with van der Waals surface area (Å²) < 4.78 is 0.802. The molecule has 6 heteroatoms. The van der Waals surface area contributed by atoms with Crippen molar-refractivity contribution in [1.29, 1.82) is 0 Å². The van der Waals surface area contributed by atoms with Gasteiger partial charge in [-0.2, -0.15) is 11.8 Å². The van der Waals surface area contributed by atoms with Crippen LogP contribution < -0.4 is 5.32 Å². The lowest BCUT2D eigenvalue weighted by Crippen LogP contribution is -2.26. The van der Waals surface area contributed by atoms with Crippen LogP contribution in [0.1, 0.15) is 15.9 Å². The molecule has 0 heterocycles. The van der Waals surface area contributed by atoms with Gasteiger partial charge in [-0.05, 0) is 45.8 Å². The molecule has 0 aromatic heterocycles. The smallest absolute Gasteiger partial charge is 0.252 e. The topological polar surface area (TPSA) is 29.1 Å². The van der Waals surface area contributed by atoms with Gasteiger partial charge >= 0.3 is 0 Å².